The number of carbonyl (C=O) groups is 2. The van der Waals surface area contributed by atoms with E-state index < -0.39 is 12.0 Å². The molecular weight excluding hydrogens is 378 g/mol. The van der Waals surface area contributed by atoms with E-state index >= 15 is 0 Å². The van der Waals surface area contributed by atoms with E-state index in [4.69, 9.17) is 9.47 Å². The number of rotatable bonds is 8. The first-order valence-corrected chi connectivity index (χ1v) is 10.8. The Morgan fingerprint density at radius 3 is 2.17 bits per heavy atom. The summed E-state index contributed by atoms with van der Waals surface area (Å²) in [5.74, 6) is -0.918. The second kappa shape index (κ2) is 10.9. The molecule has 0 aliphatic carbocycles. The number of piperidine rings is 1. The summed E-state index contributed by atoms with van der Waals surface area (Å²) in [5, 5.41) is 0. The lowest BCUT2D eigenvalue weighted by atomic mass is 9.88. The Morgan fingerprint density at radius 2 is 1.63 bits per heavy atom. The number of esters is 1. The van der Waals surface area contributed by atoms with Gasteiger partial charge in [-0.2, -0.15) is 0 Å². The summed E-state index contributed by atoms with van der Waals surface area (Å²) in [5.41, 5.74) is 1.83. The Kier molecular flexibility index (Phi) is 8.03. The van der Waals surface area contributed by atoms with Crippen molar-refractivity contribution < 1.29 is 19.1 Å². The predicted molar refractivity (Wildman–Crippen MR) is 116 cm³/mol. The van der Waals surface area contributed by atoms with Gasteiger partial charge in [0.05, 0.1) is 19.1 Å². The second-order valence-electron chi connectivity index (χ2n) is 7.70. The van der Waals surface area contributed by atoms with Gasteiger partial charge >= 0.3 is 5.97 Å². The molecule has 1 aliphatic heterocycles. The molecule has 30 heavy (non-hydrogen) atoms. The largest absolute Gasteiger partial charge is 0.467 e. The Hall–Kier alpha value is -2.66. The summed E-state index contributed by atoms with van der Waals surface area (Å²) in [6.45, 7) is 3.28. The minimum Gasteiger partial charge on any atom is -0.467 e. The van der Waals surface area contributed by atoms with Crippen molar-refractivity contribution >= 4 is 11.9 Å². The molecule has 0 saturated carbocycles. The first-order valence-electron chi connectivity index (χ1n) is 10.8. The third-order valence-corrected chi connectivity index (χ3v) is 5.67. The zero-order valence-corrected chi connectivity index (χ0v) is 17.8. The summed E-state index contributed by atoms with van der Waals surface area (Å²) in [6.07, 6.45) is 3.22. The van der Waals surface area contributed by atoms with Crippen LogP contribution in [0.25, 0.3) is 0 Å². The first kappa shape index (κ1) is 22.0. The monoisotopic (exact) mass is 409 g/mol. The standard InChI is InChI=1S/C25H31NO4/c1-3-4-17-30-21-15-16-26(22(18-21)25(28)29-2)24(27)23(19-11-7-5-8-12-19)20-13-9-6-10-14-20/h5-14,21-23H,3-4,15-18H2,1-2H3/t21?,22-/m0/s1. The Morgan fingerprint density at radius 1 is 1.03 bits per heavy atom. The fourth-order valence-electron chi connectivity index (χ4n) is 4.04. The molecule has 1 amide bonds. The average Bonchev–Trinajstić information content (AvgIpc) is 2.80. The molecular formula is C25H31NO4. The number of nitrogens with zero attached hydrogens (tertiary/aromatic N) is 1. The summed E-state index contributed by atoms with van der Waals surface area (Å²) in [7, 11) is 1.37. The van der Waals surface area contributed by atoms with E-state index in [0.29, 0.717) is 19.6 Å². The van der Waals surface area contributed by atoms with Crippen molar-refractivity contribution in [3.05, 3.63) is 71.8 Å². The molecule has 5 nitrogen and oxygen atoms in total. The molecule has 1 aliphatic rings. The van der Waals surface area contributed by atoms with Crippen molar-refractivity contribution in [1.82, 2.24) is 4.90 Å². The van der Waals surface area contributed by atoms with E-state index in [-0.39, 0.29) is 18.0 Å². The van der Waals surface area contributed by atoms with Crippen molar-refractivity contribution in [3.8, 4) is 0 Å². The fourth-order valence-corrected chi connectivity index (χ4v) is 4.04. The Bertz CT molecular complexity index is 769. The minimum atomic E-state index is -0.627. The molecule has 0 spiro atoms. The van der Waals surface area contributed by atoms with Crippen LogP contribution in [0.1, 0.15) is 49.7 Å². The van der Waals surface area contributed by atoms with Crippen molar-refractivity contribution in [2.24, 2.45) is 0 Å². The smallest absolute Gasteiger partial charge is 0.328 e. The van der Waals surface area contributed by atoms with Crippen LogP contribution in [0.2, 0.25) is 0 Å². The molecule has 5 heteroatoms. The lowest BCUT2D eigenvalue weighted by Gasteiger charge is -2.39. The van der Waals surface area contributed by atoms with Gasteiger partial charge in [-0.3, -0.25) is 4.79 Å². The molecule has 2 atom stereocenters. The van der Waals surface area contributed by atoms with E-state index in [2.05, 4.69) is 6.92 Å². The van der Waals surface area contributed by atoms with Crippen molar-refractivity contribution in [2.45, 2.75) is 50.7 Å². The third-order valence-electron chi connectivity index (χ3n) is 5.67. The van der Waals surface area contributed by atoms with Crippen molar-refractivity contribution in [3.63, 3.8) is 0 Å². The van der Waals surface area contributed by atoms with Gasteiger partial charge in [0, 0.05) is 19.6 Å². The van der Waals surface area contributed by atoms with E-state index in [1.165, 1.54) is 7.11 Å². The molecule has 2 aromatic rings. The molecule has 0 aromatic heterocycles. The molecule has 0 bridgehead atoms. The molecule has 2 aromatic carbocycles. The van der Waals surface area contributed by atoms with E-state index in [9.17, 15) is 9.59 Å². The number of likely N-dealkylation sites (tertiary alicyclic amines) is 1. The van der Waals surface area contributed by atoms with Gasteiger partial charge in [0.25, 0.3) is 0 Å². The van der Waals surface area contributed by atoms with Crippen LogP contribution in [0.15, 0.2) is 60.7 Å². The zero-order chi connectivity index (χ0) is 21.3. The quantitative estimate of drug-likeness (QED) is 0.485. The first-order chi connectivity index (χ1) is 14.7. The van der Waals surface area contributed by atoms with Gasteiger partial charge in [0.2, 0.25) is 5.91 Å². The molecule has 1 fully saturated rings. The van der Waals surface area contributed by atoms with Crippen molar-refractivity contribution in [1.29, 1.82) is 0 Å². The highest BCUT2D eigenvalue weighted by Crippen LogP contribution is 2.31. The van der Waals surface area contributed by atoms with Crippen LogP contribution in [0, 0.1) is 0 Å². The van der Waals surface area contributed by atoms with Gasteiger partial charge in [-0.05, 0) is 24.0 Å². The van der Waals surface area contributed by atoms with Crippen LogP contribution < -0.4 is 0 Å². The summed E-state index contributed by atoms with van der Waals surface area (Å²) >= 11 is 0. The predicted octanol–water partition coefficient (Wildman–Crippen LogP) is 4.17. The maximum Gasteiger partial charge on any atom is 0.328 e. The Balaban J connectivity index is 1.86. The lowest BCUT2D eigenvalue weighted by Crippen LogP contribution is -2.53. The third kappa shape index (κ3) is 5.28. The van der Waals surface area contributed by atoms with Crippen LogP contribution in [-0.4, -0.2) is 49.2 Å². The maximum absolute atomic E-state index is 13.8. The van der Waals surface area contributed by atoms with E-state index in [1.54, 1.807) is 4.90 Å². The summed E-state index contributed by atoms with van der Waals surface area (Å²) in [6, 6.07) is 18.8. The Labute approximate surface area is 179 Å². The summed E-state index contributed by atoms with van der Waals surface area (Å²) < 4.78 is 11.0. The van der Waals surface area contributed by atoms with Crippen molar-refractivity contribution in [2.75, 3.05) is 20.3 Å². The molecule has 1 unspecified atom stereocenters. The lowest BCUT2D eigenvalue weighted by molar-refractivity contribution is -0.158. The van der Waals surface area contributed by atoms with Crippen LogP contribution in [0.5, 0.6) is 0 Å². The van der Waals surface area contributed by atoms with Crippen LogP contribution in [0.3, 0.4) is 0 Å². The van der Waals surface area contributed by atoms with Gasteiger partial charge in [0.15, 0.2) is 0 Å². The highest BCUT2D eigenvalue weighted by Gasteiger charge is 2.40. The molecule has 3 rings (SSSR count). The maximum atomic E-state index is 13.8. The van der Waals surface area contributed by atoms with Gasteiger partial charge in [0.1, 0.15) is 6.04 Å². The van der Waals surface area contributed by atoms with E-state index in [1.807, 2.05) is 60.7 Å². The van der Waals surface area contributed by atoms with Gasteiger partial charge < -0.3 is 14.4 Å². The highest BCUT2D eigenvalue weighted by molar-refractivity contribution is 5.91. The minimum absolute atomic E-state index is 0.0309. The molecule has 0 N–H and O–H groups in total. The number of carbonyl (C=O) groups excluding carboxylic acids is 2. The average molecular weight is 410 g/mol. The number of ether oxygens (including phenoxy) is 2. The fraction of sp³-hybridized carbons (Fsp3) is 0.440. The number of unbranched alkanes of at least 4 members (excludes halogenated alkanes) is 1. The zero-order valence-electron chi connectivity index (χ0n) is 17.8. The molecule has 1 saturated heterocycles. The second-order valence-corrected chi connectivity index (χ2v) is 7.70. The number of benzene rings is 2. The van der Waals surface area contributed by atoms with Gasteiger partial charge in [-0.1, -0.05) is 74.0 Å². The van der Waals surface area contributed by atoms with E-state index in [0.717, 1.165) is 30.4 Å². The molecule has 160 valence electrons. The number of methoxy groups -OCH3 is 1. The van der Waals surface area contributed by atoms with Crippen LogP contribution in [0.4, 0.5) is 0 Å². The normalized spacial score (nSPS) is 19.0. The van der Waals surface area contributed by atoms with Crippen LogP contribution >= 0.6 is 0 Å². The van der Waals surface area contributed by atoms with Crippen LogP contribution in [-0.2, 0) is 19.1 Å². The summed E-state index contributed by atoms with van der Waals surface area (Å²) in [4.78, 5) is 28.0. The highest BCUT2D eigenvalue weighted by atomic mass is 16.5. The number of hydrogen-bond acceptors (Lipinski definition) is 4. The van der Waals surface area contributed by atoms with Gasteiger partial charge in [-0.25, -0.2) is 4.79 Å². The number of hydrogen-bond donors (Lipinski definition) is 0. The number of amides is 1. The molecule has 1 heterocycles. The van der Waals surface area contributed by atoms with Gasteiger partial charge in [-0.15, -0.1) is 0 Å². The topological polar surface area (TPSA) is 55.8 Å². The SMILES string of the molecule is CCCCOC1CCN(C(=O)C(c2ccccc2)c2ccccc2)[C@H](C(=O)OC)C1. The molecule has 0 radical (unpaired) electrons.